The van der Waals surface area contributed by atoms with E-state index >= 15 is 0 Å². The van der Waals surface area contributed by atoms with Gasteiger partial charge in [-0.05, 0) is 24.6 Å². The van der Waals surface area contributed by atoms with Crippen LogP contribution < -0.4 is 14.8 Å². The summed E-state index contributed by atoms with van der Waals surface area (Å²) >= 11 is 3.55. The minimum Gasteiger partial charge on any atom is -0.466 e. The zero-order valence-corrected chi connectivity index (χ0v) is 14.5. The molecule has 4 rings (SSSR count). The molecule has 0 saturated heterocycles. The summed E-state index contributed by atoms with van der Waals surface area (Å²) in [5.41, 5.74) is 1.92. The molecule has 1 aromatic carbocycles. The number of ether oxygens (including phenoxy) is 3. The maximum Gasteiger partial charge on any atom is 0.338 e. The number of fused-ring (bicyclic) bond motifs is 2. The average Bonchev–Trinajstić information content (AvgIpc) is 3.20. The van der Waals surface area contributed by atoms with Crippen molar-refractivity contribution in [1.29, 1.82) is 0 Å². The predicted molar refractivity (Wildman–Crippen MR) is 86.8 cm³/mol. The molecule has 0 bridgehead atoms. The number of carbonyl (C=O) groups is 1. The van der Waals surface area contributed by atoms with Crippen molar-refractivity contribution in [2.75, 3.05) is 19.2 Å². The van der Waals surface area contributed by atoms with Crippen molar-refractivity contribution in [2.45, 2.75) is 13.0 Å². The number of esters is 1. The number of nitrogens with zero attached hydrogens (tertiary/aromatic N) is 3. The molecule has 0 unspecified atom stereocenters. The number of hydrogen-bond acceptors (Lipinski definition) is 7. The fourth-order valence-electron chi connectivity index (χ4n) is 2.90. The molecule has 0 aliphatic carbocycles. The quantitative estimate of drug-likeness (QED) is 0.783. The molecule has 0 spiro atoms. The Morgan fingerprint density at radius 2 is 2.17 bits per heavy atom. The Morgan fingerprint density at radius 1 is 1.42 bits per heavy atom. The largest absolute Gasteiger partial charge is 0.466 e. The third kappa shape index (κ3) is 2.15. The molecule has 124 valence electrons. The van der Waals surface area contributed by atoms with E-state index < -0.39 is 12.0 Å². The summed E-state index contributed by atoms with van der Waals surface area (Å²) in [7, 11) is 1.35. The topological polar surface area (TPSA) is 87.5 Å². The highest BCUT2D eigenvalue weighted by atomic mass is 79.9. The maximum atomic E-state index is 12.4. The number of carbonyl (C=O) groups excluding carboxylic acids is 1. The lowest BCUT2D eigenvalue weighted by Crippen LogP contribution is -2.29. The van der Waals surface area contributed by atoms with Crippen molar-refractivity contribution in [2.24, 2.45) is 0 Å². The first kappa shape index (κ1) is 15.0. The van der Waals surface area contributed by atoms with Gasteiger partial charge in [-0.1, -0.05) is 15.9 Å². The maximum absolute atomic E-state index is 12.4. The van der Waals surface area contributed by atoms with E-state index in [4.69, 9.17) is 14.2 Å². The number of rotatable bonds is 2. The molecular formula is C15H13BrN4O4. The van der Waals surface area contributed by atoms with Gasteiger partial charge in [0.05, 0.1) is 12.7 Å². The van der Waals surface area contributed by atoms with Crippen LogP contribution in [0.25, 0.3) is 0 Å². The summed E-state index contributed by atoms with van der Waals surface area (Å²) in [5, 5.41) is 7.33. The molecule has 1 atom stereocenters. The Balaban J connectivity index is 1.93. The van der Waals surface area contributed by atoms with Gasteiger partial charge in [0, 0.05) is 10.2 Å². The molecule has 24 heavy (non-hydrogen) atoms. The first-order valence-corrected chi connectivity index (χ1v) is 7.94. The molecule has 8 nitrogen and oxygen atoms in total. The number of benzene rings is 1. The van der Waals surface area contributed by atoms with E-state index in [2.05, 4.69) is 31.3 Å². The van der Waals surface area contributed by atoms with Crippen LogP contribution in [-0.2, 0) is 9.53 Å². The molecule has 0 radical (unpaired) electrons. The Hall–Kier alpha value is -2.55. The molecule has 2 aromatic rings. The molecule has 0 amide bonds. The van der Waals surface area contributed by atoms with Crippen LogP contribution in [0.1, 0.15) is 18.5 Å². The van der Waals surface area contributed by atoms with Gasteiger partial charge in [-0.3, -0.25) is 0 Å². The zero-order chi connectivity index (χ0) is 16.8. The number of hydrogen-bond donors (Lipinski definition) is 1. The average molecular weight is 393 g/mol. The van der Waals surface area contributed by atoms with Crippen LogP contribution in [0.3, 0.4) is 0 Å². The summed E-state index contributed by atoms with van der Waals surface area (Å²) in [6, 6.07) is 3.16. The van der Waals surface area contributed by atoms with E-state index in [9.17, 15) is 4.79 Å². The highest BCUT2D eigenvalue weighted by molar-refractivity contribution is 9.10. The van der Waals surface area contributed by atoms with Gasteiger partial charge in [0.25, 0.3) is 0 Å². The Kier molecular flexibility index (Phi) is 3.45. The number of anilines is 1. The van der Waals surface area contributed by atoms with Crippen LogP contribution in [0.5, 0.6) is 11.5 Å². The second-order valence-electron chi connectivity index (χ2n) is 5.31. The van der Waals surface area contributed by atoms with Gasteiger partial charge < -0.3 is 19.5 Å². The van der Waals surface area contributed by atoms with Crippen LogP contribution in [-0.4, -0.2) is 34.6 Å². The van der Waals surface area contributed by atoms with E-state index in [-0.39, 0.29) is 6.79 Å². The molecule has 3 heterocycles. The predicted octanol–water partition coefficient (Wildman–Crippen LogP) is 2.23. The third-order valence-electron chi connectivity index (χ3n) is 3.99. The number of allylic oxidation sites excluding steroid dienone is 1. The lowest BCUT2D eigenvalue weighted by molar-refractivity contribution is -0.136. The molecule has 0 saturated carbocycles. The van der Waals surface area contributed by atoms with Gasteiger partial charge in [0.15, 0.2) is 11.5 Å². The SMILES string of the molecule is COC(=O)C1=C(C)Nc2ncnn2[C@H]1c1cc2c(cc1Br)OCO2. The molecule has 1 aromatic heterocycles. The zero-order valence-electron chi connectivity index (χ0n) is 12.9. The fraction of sp³-hybridized carbons (Fsp3) is 0.267. The second-order valence-corrected chi connectivity index (χ2v) is 6.17. The Morgan fingerprint density at radius 3 is 2.92 bits per heavy atom. The lowest BCUT2D eigenvalue weighted by Gasteiger charge is -2.28. The lowest BCUT2D eigenvalue weighted by atomic mass is 9.95. The first-order valence-electron chi connectivity index (χ1n) is 7.14. The summed E-state index contributed by atoms with van der Waals surface area (Å²) in [5.74, 6) is 1.39. The normalized spacial score (nSPS) is 18.2. The van der Waals surface area contributed by atoms with Gasteiger partial charge in [-0.15, -0.1) is 0 Å². The number of methoxy groups -OCH3 is 1. The number of nitrogens with one attached hydrogen (secondary N) is 1. The summed E-state index contributed by atoms with van der Waals surface area (Å²) in [6.45, 7) is 1.98. The monoisotopic (exact) mass is 392 g/mol. The summed E-state index contributed by atoms with van der Waals surface area (Å²) in [4.78, 5) is 16.6. The smallest absolute Gasteiger partial charge is 0.338 e. The van der Waals surface area contributed by atoms with E-state index in [1.54, 1.807) is 11.6 Å². The standard InChI is InChI=1S/C15H13BrN4O4/c1-7-12(14(21)22-2)13(20-15(19-7)17-5-18-20)8-3-10-11(4-9(8)16)24-6-23-10/h3-5,13H,6H2,1-2H3,(H,17,18,19)/t13-/m0/s1. The van der Waals surface area contributed by atoms with Gasteiger partial charge >= 0.3 is 5.97 Å². The fourth-order valence-corrected chi connectivity index (χ4v) is 3.43. The molecular weight excluding hydrogens is 380 g/mol. The van der Waals surface area contributed by atoms with Crippen molar-refractivity contribution < 1.29 is 19.0 Å². The number of aromatic nitrogens is 3. The molecule has 1 N–H and O–H groups in total. The highest BCUT2D eigenvalue weighted by Crippen LogP contribution is 2.44. The van der Waals surface area contributed by atoms with Gasteiger partial charge in [-0.25, -0.2) is 9.48 Å². The minimum absolute atomic E-state index is 0.171. The van der Waals surface area contributed by atoms with Crippen molar-refractivity contribution in [3.63, 3.8) is 0 Å². The van der Waals surface area contributed by atoms with Gasteiger partial charge in [0.1, 0.15) is 12.4 Å². The van der Waals surface area contributed by atoms with E-state index in [1.165, 1.54) is 13.4 Å². The van der Waals surface area contributed by atoms with Crippen molar-refractivity contribution >= 4 is 27.8 Å². The molecule has 2 aliphatic heterocycles. The van der Waals surface area contributed by atoms with Crippen LogP contribution in [0, 0.1) is 0 Å². The first-order chi connectivity index (χ1) is 11.6. The van der Waals surface area contributed by atoms with E-state index in [0.717, 1.165) is 10.0 Å². The van der Waals surface area contributed by atoms with E-state index in [0.29, 0.717) is 28.7 Å². The van der Waals surface area contributed by atoms with Crippen LogP contribution in [0.2, 0.25) is 0 Å². The van der Waals surface area contributed by atoms with Gasteiger partial charge in [-0.2, -0.15) is 10.1 Å². The molecule has 9 heteroatoms. The van der Waals surface area contributed by atoms with Crippen LogP contribution in [0.15, 0.2) is 34.2 Å². The summed E-state index contributed by atoms with van der Waals surface area (Å²) in [6.07, 6.45) is 1.43. The Bertz CT molecular complexity index is 876. The van der Waals surface area contributed by atoms with Crippen molar-refractivity contribution in [3.05, 3.63) is 39.8 Å². The van der Waals surface area contributed by atoms with E-state index in [1.807, 2.05) is 12.1 Å². The molecule has 0 fully saturated rings. The van der Waals surface area contributed by atoms with Crippen molar-refractivity contribution in [1.82, 2.24) is 14.8 Å². The van der Waals surface area contributed by atoms with Crippen LogP contribution in [0.4, 0.5) is 5.95 Å². The highest BCUT2D eigenvalue weighted by Gasteiger charge is 2.36. The van der Waals surface area contributed by atoms with Gasteiger partial charge in [0.2, 0.25) is 12.7 Å². The third-order valence-corrected chi connectivity index (χ3v) is 4.67. The van der Waals surface area contributed by atoms with Crippen LogP contribution >= 0.6 is 15.9 Å². The van der Waals surface area contributed by atoms with Crippen molar-refractivity contribution in [3.8, 4) is 11.5 Å². The Labute approximate surface area is 145 Å². The minimum atomic E-state index is -0.500. The summed E-state index contributed by atoms with van der Waals surface area (Å²) < 4.78 is 18.2. The molecule has 2 aliphatic rings. The number of halogens is 1. The second kappa shape index (κ2) is 5.52.